The van der Waals surface area contributed by atoms with Gasteiger partial charge in [0.25, 0.3) is 5.69 Å². The van der Waals surface area contributed by atoms with Crippen molar-refractivity contribution in [2.75, 3.05) is 19.6 Å². The number of carbonyl (C=O) groups excluding carboxylic acids is 2. The van der Waals surface area contributed by atoms with Gasteiger partial charge in [-0.1, -0.05) is 0 Å². The largest absolute Gasteiger partial charge is 0.420 e. The van der Waals surface area contributed by atoms with E-state index >= 15 is 0 Å². The zero-order valence-corrected chi connectivity index (χ0v) is 14.0. The Morgan fingerprint density at radius 3 is 2.69 bits per heavy atom. The molecule has 1 saturated heterocycles. The predicted octanol–water partition coefficient (Wildman–Crippen LogP) is 0.631. The van der Waals surface area contributed by atoms with Crippen LogP contribution in [0, 0.1) is 10.1 Å². The SMILES string of the molecule is O=C(Cn1c(=O)oc2cc([N+](=O)[O-])ccc21)NCCC(=O)N1CCCC1. The number of benzene rings is 1. The van der Waals surface area contributed by atoms with E-state index in [-0.39, 0.29) is 36.7 Å². The lowest BCUT2D eigenvalue weighted by Crippen LogP contribution is -2.35. The number of aromatic nitrogens is 1. The third kappa shape index (κ3) is 3.73. The second kappa shape index (κ2) is 7.38. The molecule has 1 aromatic heterocycles. The summed E-state index contributed by atoms with van der Waals surface area (Å²) in [5.74, 6) is -1.22. The Hall–Kier alpha value is -3.17. The number of likely N-dealkylation sites (tertiary alicyclic amines) is 1. The Bertz CT molecular complexity index is 909. The molecule has 0 radical (unpaired) electrons. The lowest BCUT2D eigenvalue weighted by Gasteiger charge is -2.15. The van der Waals surface area contributed by atoms with Gasteiger partial charge in [-0.25, -0.2) is 4.79 Å². The van der Waals surface area contributed by atoms with Crippen LogP contribution in [-0.2, 0) is 16.1 Å². The summed E-state index contributed by atoms with van der Waals surface area (Å²) in [5, 5.41) is 13.4. The molecule has 1 aliphatic heterocycles. The van der Waals surface area contributed by atoms with Crippen LogP contribution < -0.4 is 11.1 Å². The molecule has 0 saturated carbocycles. The fourth-order valence-corrected chi connectivity index (χ4v) is 2.95. The quantitative estimate of drug-likeness (QED) is 0.593. The van der Waals surface area contributed by atoms with E-state index in [1.807, 2.05) is 0 Å². The number of nitrogens with one attached hydrogen (secondary N) is 1. The van der Waals surface area contributed by atoms with Crippen molar-refractivity contribution in [1.82, 2.24) is 14.8 Å². The van der Waals surface area contributed by atoms with Crippen molar-refractivity contribution in [3.8, 4) is 0 Å². The first kappa shape index (κ1) is 17.6. The Balaban J connectivity index is 1.60. The summed E-state index contributed by atoms with van der Waals surface area (Å²) in [4.78, 5) is 47.8. The highest BCUT2D eigenvalue weighted by molar-refractivity contribution is 5.81. The molecule has 2 amide bonds. The van der Waals surface area contributed by atoms with Gasteiger partial charge in [0.15, 0.2) is 5.58 Å². The molecule has 10 nitrogen and oxygen atoms in total. The Labute approximate surface area is 147 Å². The fraction of sp³-hybridized carbons (Fsp3) is 0.438. The van der Waals surface area contributed by atoms with Crippen LogP contribution in [0.5, 0.6) is 0 Å². The molecule has 1 fully saturated rings. The van der Waals surface area contributed by atoms with Crippen LogP contribution in [-0.4, -0.2) is 45.8 Å². The van der Waals surface area contributed by atoms with Crippen LogP contribution in [0.4, 0.5) is 5.69 Å². The van der Waals surface area contributed by atoms with Crippen molar-refractivity contribution in [2.24, 2.45) is 0 Å². The molecule has 2 heterocycles. The third-order valence-corrected chi connectivity index (χ3v) is 4.28. The van der Waals surface area contributed by atoms with E-state index in [2.05, 4.69) is 5.32 Å². The van der Waals surface area contributed by atoms with Crippen LogP contribution >= 0.6 is 0 Å². The molecule has 0 bridgehead atoms. The zero-order chi connectivity index (χ0) is 18.7. The fourth-order valence-electron chi connectivity index (χ4n) is 2.95. The first-order valence-electron chi connectivity index (χ1n) is 8.28. The van der Waals surface area contributed by atoms with Gasteiger partial charge in [0.2, 0.25) is 11.8 Å². The summed E-state index contributed by atoms with van der Waals surface area (Å²) in [5.41, 5.74) is 0.133. The molecule has 10 heteroatoms. The van der Waals surface area contributed by atoms with Gasteiger partial charge in [0.1, 0.15) is 6.54 Å². The molecular weight excluding hydrogens is 344 g/mol. The van der Waals surface area contributed by atoms with Gasteiger partial charge < -0.3 is 14.6 Å². The maximum absolute atomic E-state index is 12.0. The maximum atomic E-state index is 12.0. The topological polar surface area (TPSA) is 128 Å². The number of hydrogen-bond donors (Lipinski definition) is 1. The van der Waals surface area contributed by atoms with Crippen molar-refractivity contribution in [1.29, 1.82) is 0 Å². The van der Waals surface area contributed by atoms with Crippen LogP contribution in [0.1, 0.15) is 19.3 Å². The van der Waals surface area contributed by atoms with Gasteiger partial charge in [0, 0.05) is 32.1 Å². The molecule has 138 valence electrons. The van der Waals surface area contributed by atoms with E-state index in [0.29, 0.717) is 5.52 Å². The van der Waals surface area contributed by atoms with Gasteiger partial charge in [-0.05, 0) is 18.9 Å². The highest BCUT2D eigenvalue weighted by Crippen LogP contribution is 2.19. The summed E-state index contributed by atoms with van der Waals surface area (Å²) >= 11 is 0. The Morgan fingerprint density at radius 1 is 1.27 bits per heavy atom. The second-order valence-corrected chi connectivity index (χ2v) is 6.05. The van der Waals surface area contributed by atoms with Crippen molar-refractivity contribution in [3.05, 3.63) is 38.9 Å². The molecule has 0 atom stereocenters. The van der Waals surface area contributed by atoms with E-state index in [1.54, 1.807) is 4.90 Å². The average Bonchev–Trinajstić information content (AvgIpc) is 3.23. The minimum atomic E-state index is -0.774. The standard InChI is InChI=1S/C16H18N4O6/c21-14(17-6-5-15(22)18-7-1-2-8-18)10-19-12-4-3-11(20(24)25)9-13(12)26-16(19)23/h3-4,9H,1-2,5-8,10H2,(H,17,21). The van der Waals surface area contributed by atoms with Gasteiger partial charge in [0.05, 0.1) is 16.5 Å². The lowest BCUT2D eigenvalue weighted by atomic mass is 10.3. The van der Waals surface area contributed by atoms with E-state index < -0.39 is 16.6 Å². The number of rotatable bonds is 6. The number of nitrogens with zero attached hydrogens (tertiary/aromatic N) is 3. The predicted molar refractivity (Wildman–Crippen MR) is 90.6 cm³/mol. The number of amides is 2. The summed E-state index contributed by atoms with van der Waals surface area (Å²) in [6.07, 6.45) is 2.22. The number of hydrogen-bond acceptors (Lipinski definition) is 6. The molecule has 3 rings (SSSR count). The molecule has 0 aliphatic carbocycles. The van der Waals surface area contributed by atoms with Crippen LogP contribution in [0.2, 0.25) is 0 Å². The van der Waals surface area contributed by atoms with E-state index in [1.165, 1.54) is 12.1 Å². The third-order valence-electron chi connectivity index (χ3n) is 4.28. The maximum Gasteiger partial charge on any atom is 0.420 e. The molecule has 26 heavy (non-hydrogen) atoms. The summed E-state index contributed by atoms with van der Waals surface area (Å²) in [6.45, 7) is 1.41. The molecule has 2 aromatic rings. The number of nitro groups is 1. The molecule has 1 N–H and O–H groups in total. The van der Waals surface area contributed by atoms with Gasteiger partial charge in [-0.15, -0.1) is 0 Å². The first-order valence-corrected chi connectivity index (χ1v) is 8.28. The van der Waals surface area contributed by atoms with E-state index in [0.717, 1.165) is 36.6 Å². The van der Waals surface area contributed by atoms with Gasteiger partial charge >= 0.3 is 5.76 Å². The van der Waals surface area contributed by atoms with Gasteiger partial charge in [-0.3, -0.25) is 24.3 Å². The Morgan fingerprint density at radius 2 is 2.00 bits per heavy atom. The summed E-state index contributed by atoms with van der Waals surface area (Å²) in [6, 6.07) is 3.74. The minimum Gasteiger partial charge on any atom is -0.407 e. The summed E-state index contributed by atoms with van der Waals surface area (Å²) in [7, 11) is 0. The van der Waals surface area contributed by atoms with Crippen LogP contribution in [0.3, 0.4) is 0 Å². The molecule has 1 aliphatic rings. The summed E-state index contributed by atoms with van der Waals surface area (Å²) < 4.78 is 6.06. The van der Waals surface area contributed by atoms with Gasteiger partial charge in [-0.2, -0.15) is 0 Å². The smallest absolute Gasteiger partial charge is 0.407 e. The average molecular weight is 362 g/mol. The zero-order valence-electron chi connectivity index (χ0n) is 14.0. The number of carbonyl (C=O) groups is 2. The van der Waals surface area contributed by atoms with Crippen LogP contribution in [0.15, 0.2) is 27.4 Å². The molecule has 0 spiro atoms. The van der Waals surface area contributed by atoms with Crippen molar-refractivity contribution in [2.45, 2.75) is 25.8 Å². The van der Waals surface area contributed by atoms with Crippen molar-refractivity contribution >= 4 is 28.6 Å². The lowest BCUT2D eigenvalue weighted by molar-refractivity contribution is -0.384. The van der Waals surface area contributed by atoms with Crippen molar-refractivity contribution < 1.29 is 18.9 Å². The molecular formula is C16H18N4O6. The number of nitro benzene ring substituents is 1. The second-order valence-electron chi connectivity index (χ2n) is 6.05. The Kier molecular flexibility index (Phi) is 5.01. The van der Waals surface area contributed by atoms with E-state index in [9.17, 15) is 24.5 Å². The first-order chi connectivity index (χ1) is 12.5. The number of fused-ring (bicyclic) bond motifs is 1. The number of non-ortho nitro benzene ring substituents is 1. The van der Waals surface area contributed by atoms with Crippen molar-refractivity contribution in [3.63, 3.8) is 0 Å². The molecule has 1 aromatic carbocycles. The highest BCUT2D eigenvalue weighted by Gasteiger charge is 2.18. The highest BCUT2D eigenvalue weighted by atomic mass is 16.6. The van der Waals surface area contributed by atoms with E-state index in [4.69, 9.17) is 4.42 Å². The monoisotopic (exact) mass is 362 g/mol. The minimum absolute atomic E-state index is 0.000961. The normalized spacial score (nSPS) is 13.9. The van der Waals surface area contributed by atoms with Crippen LogP contribution in [0.25, 0.3) is 11.1 Å². The molecule has 0 unspecified atom stereocenters. The number of oxazole rings is 1.